The Hall–Kier alpha value is -3.25. The maximum absolute atomic E-state index is 11.8. The fourth-order valence-corrected chi connectivity index (χ4v) is 3.03. The summed E-state index contributed by atoms with van der Waals surface area (Å²) in [5.41, 5.74) is 1.88. The van der Waals surface area contributed by atoms with E-state index in [0.29, 0.717) is 29.2 Å². The molecule has 26 heavy (non-hydrogen) atoms. The molecule has 9 heteroatoms. The summed E-state index contributed by atoms with van der Waals surface area (Å²) in [5, 5.41) is 0. The van der Waals surface area contributed by atoms with Crippen molar-refractivity contribution in [3.63, 3.8) is 0 Å². The minimum atomic E-state index is -4.10. The van der Waals surface area contributed by atoms with Crippen molar-refractivity contribution in [1.29, 1.82) is 0 Å². The molecule has 134 valence electrons. The number of rotatable bonds is 7. The maximum atomic E-state index is 11.8. The van der Waals surface area contributed by atoms with Crippen molar-refractivity contribution in [3.05, 3.63) is 47.5 Å². The first-order valence-electron chi connectivity index (χ1n) is 7.21. The Morgan fingerprint density at radius 1 is 0.962 bits per heavy atom. The number of nitrogens with zero attached hydrogens (tertiary/aromatic N) is 2. The van der Waals surface area contributed by atoms with Gasteiger partial charge in [-0.1, -0.05) is 16.5 Å². The Balaban J connectivity index is 2.41. The van der Waals surface area contributed by atoms with E-state index in [4.69, 9.17) is 9.47 Å². The molecule has 0 aromatic heterocycles. The minimum absolute atomic E-state index is 0.172. The Labute approximate surface area is 149 Å². The average Bonchev–Trinajstić information content (AvgIpc) is 2.63. The van der Waals surface area contributed by atoms with Gasteiger partial charge in [-0.25, -0.2) is 9.59 Å². The van der Waals surface area contributed by atoms with Gasteiger partial charge < -0.3 is 9.47 Å². The fraction of sp³-hybridized carbons (Fsp3) is 0.176. The number of methoxy groups -OCH3 is 2. The highest BCUT2D eigenvalue weighted by molar-refractivity contribution is 7.90. The zero-order chi connectivity index (χ0) is 19.2. The number of isocyanates is 2. The van der Waals surface area contributed by atoms with Crippen molar-refractivity contribution in [2.45, 2.75) is 11.3 Å². The van der Waals surface area contributed by atoms with Gasteiger partial charge in [-0.3, -0.25) is 0 Å². The molecule has 0 fully saturated rings. The summed E-state index contributed by atoms with van der Waals surface area (Å²) in [5.74, 6) is 0.727. The van der Waals surface area contributed by atoms with Gasteiger partial charge in [0.1, 0.15) is 17.2 Å². The summed E-state index contributed by atoms with van der Waals surface area (Å²) < 4.78 is 36.9. The van der Waals surface area contributed by atoms with E-state index in [1.807, 2.05) is 0 Å². The summed E-state index contributed by atoms with van der Waals surface area (Å²) in [6.45, 7) is 0. The quantitative estimate of drug-likeness (QED) is 0.543. The van der Waals surface area contributed by atoms with Crippen LogP contribution in [0.5, 0.6) is 11.5 Å². The Morgan fingerprint density at radius 2 is 1.69 bits per heavy atom. The first kappa shape index (κ1) is 19.1. The van der Waals surface area contributed by atoms with Crippen LogP contribution in [0.2, 0.25) is 0 Å². The van der Waals surface area contributed by atoms with Gasteiger partial charge in [-0.05, 0) is 29.3 Å². The monoisotopic (exact) mass is 374 g/mol. The third-order valence-corrected chi connectivity index (χ3v) is 4.68. The maximum Gasteiger partial charge on any atom is 0.292 e. The topological polar surface area (TPSA) is 111 Å². The number of hydrogen-bond acceptors (Lipinski definition) is 7. The second kappa shape index (κ2) is 8.22. The van der Waals surface area contributed by atoms with Crippen molar-refractivity contribution in [1.82, 2.24) is 0 Å². The molecule has 0 aliphatic carbocycles. The summed E-state index contributed by atoms with van der Waals surface area (Å²) >= 11 is 0. The largest absolute Gasteiger partial charge is 0.496 e. The number of benzene rings is 2. The van der Waals surface area contributed by atoms with E-state index in [9.17, 15) is 18.0 Å². The predicted molar refractivity (Wildman–Crippen MR) is 91.9 cm³/mol. The molecule has 0 unspecified atom stereocenters. The second-order valence-electron chi connectivity index (χ2n) is 5.02. The summed E-state index contributed by atoms with van der Waals surface area (Å²) in [6.07, 6.45) is 2.89. The van der Waals surface area contributed by atoms with Crippen LogP contribution in [0.3, 0.4) is 0 Å². The van der Waals surface area contributed by atoms with Crippen LogP contribution in [0.15, 0.2) is 50.7 Å². The first-order chi connectivity index (χ1) is 12.4. The summed E-state index contributed by atoms with van der Waals surface area (Å²) in [6, 6.07) is 9.25. The number of aliphatic imine (C=N–C) groups is 1. The normalized spacial score (nSPS) is 10.4. The minimum Gasteiger partial charge on any atom is -0.496 e. The van der Waals surface area contributed by atoms with Gasteiger partial charge in [0.05, 0.1) is 19.1 Å². The van der Waals surface area contributed by atoms with Crippen LogP contribution in [0.4, 0.5) is 5.69 Å². The molecule has 0 radical (unpaired) electrons. The lowest BCUT2D eigenvalue weighted by Crippen LogP contribution is -2.00. The van der Waals surface area contributed by atoms with Crippen LogP contribution in [0.1, 0.15) is 11.1 Å². The molecule has 0 atom stereocenters. The van der Waals surface area contributed by atoms with E-state index in [-0.39, 0.29) is 4.90 Å². The third-order valence-electron chi connectivity index (χ3n) is 3.52. The molecular weight excluding hydrogens is 360 g/mol. The van der Waals surface area contributed by atoms with Crippen molar-refractivity contribution >= 4 is 27.9 Å². The molecule has 0 N–H and O–H groups in total. The molecule has 0 amide bonds. The summed E-state index contributed by atoms with van der Waals surface area (Å²) in [4.78, 5) is 24.0. The van der Waals surface area contributed by atoms with E-state index in [1.165, 1.54) is 32.4 Å². The van der Waals surface area contributed by atoms with E-state index >= 15 is 0 Å². The molecular formula is C17H14N2O6S. The van der Waals surface area contributed by atoms with Crippen molar-refractivity contribution in [3.8, 4) is 11.5 Å². The number of ether oxygens (including phenoxy) is 2. The number of carbonyl (C=O) groups excluding carboxylic acids is 2. The lowest BCUT2D eigenvalue weighted by molar-refractivity contribution is 0.408. The van der Waals surface area contributed by atoms with Crippen LogP contribution in [-0.2, 0) is 26.0 Å². The van der Waals surface area contributed by atoms with E-state index < -0.39 is 10.0 Å². The molecule has 0 aliphatic rings. The van der Waals surface area contributed by atoms with Gasteiger partial charge >= 0.3 is 0 Å². The van der Waals surface area contributed by atoms with Crippen molar-refractivity contribution < 1.29 is 27.5 Å². The van der Waals surface area contributed by atoms with Crippen LogP contribution in [0, 0.1) is 0 Å². The average molecular weight is 374 g/mol. The van der Waals surface area contributed by atoms with E-state index in [0.717, 1.165) is 11.6 Å². The lowest BCUT2D eigenvalue weighted by atomic mass is 10.0. The smallest absolute Gasteiger partial charge is 0.292 e. The van der Waals surface area contributed by atoms with Gasteiger partial charge in [0, 0.05) is 12.5 Å². The highest BCUT2D eigenvalue weighted by Crippen LogP contribution is 2.31. The Morgan fingerprint density at radius 3 is 2.31 bits per heavy atom. The third kappa shape index (κ3) is 4.23. The lowest BCUT2D eigenvalue weighted by Gasteiger charge is -2.11. The highest BCUT2D eigenvalue weighted by atomic mass is 32.2. The summed E-state index contributed by atoms with van der Waals surface area (Å²) in [7, 11) is -1.24. The van der Waals surface area contributed by atoms with E-state index in [1.54, 1.807) is 24.3 Å². The van der Waals surface area contributed by atoms with Crippen LogP contribution in [0.25, 0.3) is 0 Å². The van der Waals surface area contributed by atoms with Crippen molar-refractivity contribution in [2.24, 2.45) is 9.39 Å². The molecule has 2 aromatic carbocycles. The highest BCUT2D eigenvalue weighted by Gasteiger charge is 2.16. The van der Waals surface area contributed by atoms with Crippen LogP contribution >= 0.6 is 0 Å². The van der Waals surface area contributed by atoms with Crippen molar-refractivity contribution in [2.75, 3.05) is 14.2 Å². The van der Waals surface area contributed by atoms with Gasteiger partial charge in [0.25, 0.3) is 16.1 Å². The molecule has 0 bridgehead atoms. The number of sulfonamides is 1. The van der Waals surface area contributed by atoms with Gasteiger partial charge in [0.2, 0.25) is 6.08 Å². The number of hydrogen-bond donors (Lipinski definition) is 0. The zero-order valence-electron chi connectivity index (χ0n) is 13.9. The molecule has 0 saturated carbocycles. The molecule has 0 saturated heterocycles. The SMILES string of the molecule is COc1cc(S(=O)(=O)N=C=O)ccc1Cc1ccc(N=C=O)c(OC)c1. The predicted octanol–water partition coefficient (Wildman–Crippen LogP) is 2.29. The van der Waals surface area contributed by atoms with Crippen LogP contribution < -0.4 is 9.47 Å². The fourth-order valence-electron chi connectivity index (χ4n) is 2.33. The zero-order valence-corrected chi connectivity index (χ0v) is 14.7. The second-order valence-corrected chi connectivity index (χ2v) is 6.62. The van der Waals surface area contributed by atoms with E-state index in [2.05, 4.69) is 9.39 Å². The molecule has 2 rings (SSSR count). The first-order valence-corrected chi connectivity index (χ1v) is 8.65. The molecule has 0 spiro atoms. The Bertz CT molecular complexity index is 1020. The van der Waals surface area contributed by atoms with Gasteiger partial charge in [-0.15, -0.1) is 0 Å². The molecule has 2 aromatic rings. The molecule has 8 nitrogen and oxygen atoms in total. The van der Waals surface area contributed by atoms with Gasteiger partial charge in [-0.2, -0.15) is 13.4 Å². The molecule has 0 heterocycles. The Kier molecular flexibility index (Phi) is 6.03. The van der Waals surface area contributed by atoms with Gasteiger partial charge in [0.15, 0.2) is 0 Å². The van der Waals surface area contributed by atoms with Crippen LogP contribution in [-0.4, -0.2) is 34.8 Å². The standard InChI is InChI=1S/C17H14N2O6S/c1-24-16-9-14(26(22,23)19-11-21)5-4-13(16)7-12-3-6-15(18-10-20)17(8-12)25-2/h3-6,8-9H,7H2,1-2H3. The molecule has 0 aliphatic heterocycles.